The number of hydroxylamine groups is 1. The molecule has 0 spiro atoms. The van der Waals surface area contributed by atoms with E-state index in [1.54, 1.807) is 48.5 Å². The lowest BCUT2D eigenvalue weighted by Crippen LogP contribution is -2.17. The third-order valence-corrected chi connectivity index (χ3v) is 3.11. The van der Waals surface area contributed by atoms with Gasteiger partial charge in [0.2, 0.25) is 0 Å². The summed E-state index contributed by atoms with van der Waals surface area (Å²) in [4.78, 5) is 23.0. The summed E-state index contributed by atoms with van der Waals surface area (Å²) in [7, 11) is 0. The first-order valence-electron chi connectivity index (χ1n) is 7.18. The Labute approximate surface area is 143 Å². The Morgan fingerprint density at radius 1 is 1.12 bits per heavy atom. The molecule has 0 heterocycles. The zero-order valence-corrected chi connectivity index (χ0v) is 13.0. The molecule has 2 aromatic carbocycles. The summed E-state index contributed by atoms with van der Waals surface area (Å²) in [5.74, 6) is -1.08. The fraction of sp³-hybridized carbons (Fsp3) is 0. The van der Waals surface area contributed by atoms with Crippen molar-refractivity contribution in [2.24, 2.45) is 5.10 Å². The number of hydrogen-bond donors (Lipinski definition) is 3. The highest BCUT2D eigenvalue weighted by atomic mass is 16.5. The molecule has 2 amide bonds. The SMILES string of the molecule is N#Cc1ccc(/C=N/NC(=O)c2cccc(/C=C/C(=O)NO)c2)cc1. The molecule has 0 bridgehead atoms. The molecular formula is C18H14N4O3. The van der Waals surface area contributed by atoms with E-state index < -0.39 is 11.8 Å². The van der Waals surface area contributed by atoms with Crippen LogP contribution in [0, 0.1) is 11.3 Å². The molecule has 0 aliphatic heterocycles. The Hall–Kier alpha value is -3.76. The molecule has 2 rings (SSSR count). The van der Waals surface area contributed by atoms with Gasteiger partial charge in [0.05, 0.1) is 17.8 Å². The summed E-state index contributed by atoms with van der Waals surface area (Å²) >= 11 is 0. The minimum Gasteiger partial charge on any atom is -0.288 e. The molecule has 0 atom stereocenters. The van der Waals surface area contributed by atoms with Crippen LogP contribution in [-0.4, -0.2) is 23.2 Å². The van der Waals surface area contributed by atoms with Crippen molar-refractivity contribution in [1.82, 2.24) is 10.9 Å². The number of nitrogens with zero attached hydrogens (tertiary/aromatic N) is 2. The lowest BCUT2D eigenvalue weighted by atomic mass is 10.1. The van der Waals surface area contributed by atoms with E-state index >= 15 is 0 Å². The molecule has 0 radical (unpaired) electrons. The van der Waals surface area contributed by atoms with E-state index in [2.05, 4.69) is 10.5 Å². The molecule has 3 N–H and O–H groups in total. The maximum atomic E-state index is 12.1. The minimum atomic E-state index is -0.665. The quantitative estimate of drug-likeness (QED) is 0.335. The number of nitrogens with one attached hydrogen (secondary N) is 2. The van der Waals surface area contributed by atoms with Crippen LogP contribution in [0.5, 0.6) is 0 Å². The number of hydrogen-bond acceptors (Lipinski definition) is 5. The highest BCUT2D eigenvalue weighted by molar-refractivity contribution is 5.96. The summed E-state index contributed by atoms with van der Waals surface area (Å²) in [5, 5.41) is 21.0. The predicted molar refractivity (Wildman–Crippen MR) is 91.6 cm³/mol. The van der Waals surface area contributed by atoms with Crippen LogP contribution in [0.25, 0.3) is 6.08 Å². The van der Waals surface area contributed by atoms with Crippen LogP contribution in [0.3, 0.4) is 0 Å². The van der Waals surface area contributed by atoms with Crippen molar-refractivity contribution in [3.8, 4) is 6.07 Å². The summed E-state index contributed by atoms with van der Waals surface area (Å²) in [5.41, 5.74) is 6.15. The second-order valence-corrected chi connectivity index (χ2v) is 4.87. The van der Waals surface area contributed by atoms with E-state index in [1.807, 2.05) is 6.07 Å². The number of carbonyl (C=O) groups is 2. The summed E-state index contributed by atoms with van der Waals surface area (Å²) in [6.07, 6.45) is 4.07. The summed E-state index contributed by atoms with van der Waals surface area (Å²) in [6, 6.07) is 15.3. The van der Waals surface area contributed by atoms with Crippen molar-refractivity contribution in [3.63, 3.8) is 0 Å². The summed E-state index contributed by atoms with van der Waals surface area (Å²) < 4.78 is 0. The molecule has 0 saturated carbocycles. The first kappa shape index (κ1) is 17.6. The van der Waals surface area contributed by atoms with Crippen LogP contribution in [0.1, 0.15) is 27.0 Å². The number of carbonyl (C=O) groups excluding carboxylic acids is 2. The van der Waals surface area contributed by atoms with Gasteiger partial charge in [-0.25, -0.2) is 10.9 Å². The number of benzene rings is 2. The maximum absolute atomic E-state index is 12.1. The zero-order chi connectivity index (χ0) is 18.1. The highest BCUT2D eigenvalue weighted by Gasteiger charge is 2.04. The Balaban J connectivity index is 2.00. The molecule has 7 heteroatoms. The molecule has 0 saturated heterocycles. The summed E-state index contributed by atoms with van der Waals surface area (Å²) in [6.45, 7) is 0. The number of hydrazone groups is 1. The minimum absolute atomic E-state index is 0.364. The van der Waals surface area contributed by atoms with Gasteiger partial charge in [-0.15, -0.1) is 0 Å². The Kier molecular flexibility index (Phi) is 6.17. The van der Waals surface area contributed by atoms with Crippen molar-refractivity contribution in [3.05, 3.63) is 76.9 Å². The van der Waals surface area contributed by atoms with Crippen LogP contribution in [0.2, 0.25) is 0 Å². The number of nitriles is 1. The van der Waals surface area contributed by atoms with Crippen molar-refractivity contribution in [2.45, 2.75) is 0 Å². The second kappa shape index (κ2) is 8.76. The van der Waals surface area contributed by atoms with Gasteiger partial charge < -0.3 is 0 Å². The van der Waals surface area contributed by atoms with Crippen molar-refractivity contribution in [1.29, 1.82) is 5.26 Å². The maximum Gasteiger partial charge on any atom is 0.271 e. The average Bonchev–Trinajstić information content (AvgIpc) is 2.66. The standard InChI is InChI=1S/C18H14N4O3/c19-11-14-4-6-15(7-5-14)12-20-21-18(24)16-3-1-2-13(10-16)8-9-17(23)22-25/h1-10,12,25H,(H,21,24)(H,22,23)/b9-8+,20-12+. The molecule has 2 aromatic rings. The average molecular weight is 334 g/mol. The van der Waals surface area contributed by atoms with Gasteiger partial charge in [0.25, 0.3) is 11.8 Å². The van der Waals surface area contributed by atoms with Gasteiger partial charge in [-0.3, -0.25) is 14.8 Å². The Bertz CT molecular complexity index is 865. The van der Waals surface area contributed by atoms with Gasteiger partial charge in [0.15, 0.2) is 0 Å². The molecule has 7 nitrogen and oxygen atoms in total. The molecular weight excluding hydrogens is 320 g/mol. The van der Waals surface area contributed by atoms with E-state index in [0.29, 0.717) is 16.7 Å². The van der Waals surface area contributed by atoms with Crippen LogP contribution < -0.4 is 10.9 Å². The Morgan fingerprint density at radius 2 is 1.88 bits per heavy atom. The number of rotatable bonds is 5. The third-order valence-electron chi connectivity index (χ3n) is 3.11. The van der Waals surface area contributed by atoms with Crippen molar-refractivity contribution < 1.29 is 14.8 Å². The van der Waals surface area contributed by atoms with Crippen LogP contribution in [0.4, 0.5) is 0 Å². The van der Waals surface area contributed by atoms with Gasteiger partial charge >= 0.3 is 0 Å². The highest BCUT2D eigenvalue weighted by Crippen LogP contribution is 2.07. The van der Waals surface area contributed by atoms with E-state index in [9.17, 15) is 9.59 Å². The van der Waals surface area contributed by atoms with E-state index in [4.69, 9.17) is 10.5 Å². The fourth-order valence-corrected chi connectivity index (χ4v) is 1.87. The molecule has 0 fully saturated rings. The molecule has 25 heavy (non-hydrogen) atoms. The molecule has 0 aromatic heterocycles. The van der Waals surface area contributed by atoms with Gasteiger partial charge in [-0.2, -0.15) is 10.4 Å². The zero-order valence-electron chi connectivity index (χ0n) is 13.0. The van der Waals surface area contributed by atoms with E-state index in [0.717, 1.165) is 11.6 Å². The van der Waals surface area contributed by atoms with Crippen molar-refractivity contribution >= 4 is 24.1 Å². The van der Waals surface area contributed by atoms with Gasteiger partial charge in [-0.05, 0) is 41.5 Å². The Morgan fingerprint density at radius 3 is 2.56 bits per heavy atom. The van der Waals surface area contributed by atoms with Gasteiger partial charge in [0.1, 0.15) is 0 Å². The molecule has 0 aliphatic carbocycles. The van der Waals surface area contributed by atoms with Gasteiger partial charge in [0, 0.05) is 11.6 Å². The molecule has 124 valence electrons. The first-order chi connectivity index (χ1) is 12.1. The lowest BCUT2D eigenvalue weighted by molar-refractivity contribution is -0.124. The normalized spacial score (nSPS) is 10.6. The monoisotopic (exact) mass is 334 g/mol. The molecule has 0 aliphatic rings. The third kappa shape index (κ3) is 5.42. The van der Waals surface area contributed by atoms with Crippen LogP contribution in [-0.2, 0) is 4.79 Å². The van der Waals surface area contributed by atoms with Gasteiger partial charge in [-0.1, -0.05) is 24.3 Å². The largest absolute Gasteiger partial charge is 0.288 e. The first-order valence-corrected chi connectivity index (χ1v) is 7.18. The second-order valence-electron chi connectivity index (χ2n) is 4.87. The van der Waals surface area contributed by atoms with Crippen molar-refractivity contribution in [2.75, 3.05) is 0 Å². The van der Waals surface area contributed by atoms with Crippen LogP contribution in [0.15, 0.2) is 59.7 Å². The lowest BCUT2D eigenvalue weighted by Gasteiger charge is -2.01. The fourth-order valence-electron chi connectivity index (χ4n) is 1.87. The topological polar surface area (TPSA) is 115 Å². The predicted octanol–water partition coefficient (Wildman–Crippen LogP) is 1.84. The van der Waals surface area contributed by atoms with E-state index in [1.165, 1.54) is 17.8 Å². The van der Waals surface area contributed by atoms with E-state index in [-0.39, 0.29) is 0 Å². The number of amides is 2. The molecule has 0 unspecified atom stereocenters. The van der Waals surface area contributed by atoms with Crippen LogP contribution >= 0.6 is 0 Å². The smallest absolute Gasteiger partial charge is 0.271 e.